The first-order chi connectivity index (χ1) is 6.25. The van der Waals surface area contributed by atoms with E-state index in [0.717, 1.165) is 6.42 Å². The molecule has 1 aromatic carbocycles. The van der Waals surface area contributed by atoms with Crippen molar-refractivity contribution in [3.63, 3.8) is 0 Å². The molecule has 0 radical (unpaired) electrons. The van der Waals surface area contributed by atoms with Crippen LogP contribution in [-0.2, 0) is 0 Å². The molecule has 1 aromatic rings. The zero-order chi connectivity index (χ0) is 9.68. The summed E-state index contributed by atoms with van der Waals surface area (Å²) in [5, 5.41) is 9.55. The molecule has 0 aliphatic carbocycles. The van der Waals surface area contributed by atoms with Crippen molar-refractivity contribution < 1.29 is 5.11 Å². The molecule has 0 saturated heterocycles. The molecule has 13 heavy (non-hydrogen) atoms. The summed E-state index contributed by atoms with van der Waals surface area (Å²) < 4.78 is 0. The molecular weight excluding hydrogens is 160 g/mol. The molecule has 1 nitrogen and oxygen atoms in total. The molecule has 0 heterocycles. The third-order valence-electron chi connectivity index (χ3n) is 2.23. The maximum absolute atomic E-state index is 9.55. The molecule has 1 heteroatoms. The highest BCUT2D eigenvalue weighted by atomic mass is 16.3. The van der Waals surface area contributed by atoms with Crippen LogP contribution < -0.4 is 0 Å². The number of allylic oxidation sites excluding steroid dienone is 1. The first-order valence-electron chi connectivity index (χ1n) is 4.59. The second-order valence-electron chi connectivity index (χ2n) is 3.28. The van der Waals surface area contributed by atoms with Crippen molar-refractivity contribution >= 4 is 0 Å². The fourth-order valence-corrected chi connectivity index (χ4v) is 1.49. The van der Waals surface area contributed by atoms with Crippen molar-refractivity contribution in [2.24, 2.45) is 0 Å². The lowest BCUT2D eigenvalue weighted by atomic mass is 9.91. The average Bonchev–Trinajstić information content (AvgIpc) is 2.15. The van der Waals surface area contributed by atoms with Crippen molar-refractivity contribution in [2.75, 3.05) is 0 Å². The highest BCUT2D eigenvalue weighted by Gasteiger charge is 2.14. The molecule has 1 N–H and O–H groups in total. The summed E-state index contributed by atoms with van der Waals surface area (Å²) in [6.07, 6.45) is 2.35. The lowest BCUT2D eigenvalue weighted by molar-refractivity contribution is 0.162. The van der Waals surface area contributed by atoms with Crippen molar-refractivity contribution in [2.45, 2.75) is 25.4 Å². The van der Waals surface area contributed by atoms with Crippen molar-refractivity contribution in [1.29, 1.82) is 0 Å². The van der Waals surface area contributed by atoms with E-state index < -0.39 is 0 Å². The highest BCUT2D eigenvalue weighted by molar-refractivity contribution is 5.21. The Morgan fingerprint density at radius 1 is 1.38 bits per heavy atom. The third-order valence-corrected chi connectivity index (χ3v) is 2.23. The molecular formula is C12H16O. The number of rotatable bonds is 4. The van der Waals surface area contributed by atoms with Crippen LogP contribution in [0.3, 0.4) is 0 Å². The minimum absolute atomic E-state index is 0.179. The summed E-state index contributed by atoms with van der Waals surface area (Å²) >= 11 is 0. The predicted octanol–water partition coefficient (Wildman–Crippen LogP) is 2.73. The molecule has 0 saturated carbocycles. The monoisotopic (exact) mass is 176 g/mol. The summed E-state index contributed by atoms with van der Waals surface area (Å²) in [7, 11) is 0. The molecule has 2 atom stereocenters. The van der Waals surface area contributed by atoms with Gasteiger partial charge in [0.2, 0.25) is 0 Å². The number of hydrogen-bond donors (Lipinski definition) is 1. The van der Waals surface area contributed by atoms with E-state index in [1.807, 2.05) is 43.3 Å². The Hall–Kier alpha value is -1.08. The van der Waals surface area contributed by atoms with E-state index in [4.69, 9.17) is 0 Å². The molecule has 0 bridgehead atoms. The Bertz CT molecular complexity index is 251. The smallest absolute Gasteiger partial charge is 0.0583 e. The van der Waals surface area contributed by atoms with Gasteiger partial charge in [-0.05, 0) is 18.9 Å². The van der Waals surface area contributed by atoms with Gasteiger partial charge in [0, 0.05) is 5.92 Å². The van der Waals surface area contributed by atoms with Crippen molar-refractivity contribution in [1.82, 2.24) is 0 Å². The first-order valence-corrected chi connectivity index (χ1v) is 4.59. The number of aliphatic hydroxyl groups is 1. The van der Waals surface area contributed by atoms with Gasteiger partial charge in [0.1, 0.15) is 0 Å². The van der Waals surface area contributed by atoms with E-state index >= 15 is 0 Å². The zero-order valence-corrected chi connectivity index (χ0v) is 7.98. The molecule has 1 rings (SSSR count). The van der Waals surface area contributed by atoms with Crippen molar-refractivity contribution in [3.8, 4) is 0 Å². The second kappa shape index (κ2) is 4.83. The van der Waals surface area contributed by atoms with Crippen LogP contribution in [0, 0.1) is 0 Å². The van der Waals surface area contributed by atoms with Gasteiger partial charge in [0.15, 0.2) is 0 Å². The van der Waals surface area contributed by atoms with Gasteiger partial charge in [-0.2, -0.15) is 0 Å². The highest BCUT2D eigenvalue weighted by Crippen LogP contribution is 2.23. The maximum Gasteiger partial charge on any atom is 0.0583 e. The zero-order valence-electron chi connectivity index (χ0n) is 7.98. The number of hydrogen-bond acceptors (Lipinski definition) is 1. The van der Waals surface area contributed by atoms with Crippen LogP contribution in [0.1, 0.15) is 24.8 Å². The summed E-state index contributed by atoms with van der Waals surface area (Å²) in [5.74, 6) is 0.179. The first kappa shape index (κ1) is 10.0. The van der Waals surface area contributed by atoms with Gasteiger partial charge in [-0.3, -0.25) is 0 Å². The van der Waals surface area contributed by atoms with Crippen LogP contribution in [0.25, 0.3) is 0 Å². The average molecular weight is 176 g/mol. The fourth-order valence-electron chi connectivity index (χ4n) is 1.49. The van der Waals surface area contributed by atoms with Gasteiger partial charge < -0.3 is 5.11 Å². The Balaban J connectivity index is 2.82. The Morgan fingerprint density at radius 3 is 2.46 bits per heavy atom. The van der Waals surface area contributed by atoms with E-state index in [1.165, 1.54) is 5.56 Å². The second-order valence-corrected chi connectivity index (χ2v) is 3.28. The van der Waals surface area contributed by atoms with Gasteiger partial charge in [-0.25, -0.2) is 0 Å². The maximum atomic E-state index is 9.55. The molecule has 0 aliphatic heterocycles. The van der Waals surface area contributed by atoms with E-state index in [1.54, 1.807) is 0 Å². The molecule has 0 fully saturated rings. The van der Waals surface area contributed by atoms with Crippen LogP contribution in [0.2, 0.25) is 0 Å². The van der Waals surface area contributed by atoms with E-state index in [0.29, 0.717) is 0 Å². The van der Waals surface area contributed by atoms with Gasteiger partial charge in [0.05, 0.1) is 6.10 Å². The van der Waals surface area contributed by atoms with Gasteiger partial charge in [-0.1, -0.05) is 36.4 Å². The Morgan fingerprint density at radius 2 is 2.00 bits per heavy atom. The summed E-state index contributed by atoms with van der Waals surface area (Å²) in [6, 6.07) is 10.1. The Kier molecular flexibility index (Phi) is 3.71. The van der Waals surface area contributed by atoms with Gasteiger partial charge in [0.25, 0.3) is 0 Å². The van der Waals surface area contributed by atoms with E-state index in [-0.39, 0.29) is 12.0 Å². The third kappa shape index (κ3) is 2.71. The molecule has 0 aromatic heterocycles. The lowest BCUT2D eigenvalue weighted by Gasteiger charge is -2.18. The lowest BCUT2D eigenvalue weighted by Crippen LogP contribution is -2.13. The summed E-state index contributed by atoms with van der Waals surface area (Å²) in [5.41, 5.74) is 1.18. The quantitative estimate of drug-likeness (QED) is 0.699. The molecule has 0 spiro atoms. The molecule has 0 amide bonds. The fraction of sp³-hybridized carbons (Fsp3) is 0.333. The van der Waals surface area contributed by atoms with Crippen LogP contribution >= 0.6 is 0 Å². The minimum Gasteiger partial charge on any atom is -0.393 e. The normalized spacial score (nSPS) is 14.9. The van der Waals surface area contributed by atoms with E-state index in [2.05, 4.69) is 6.58 Å². The Labute approximate surface area is 79.7 Å². The topological polar surface area (TPSA) is 20.2 Å². The van der Waals surface area contributed by atoms with Gasteiger partial charge in [-0.15, -0.1) is 6.58 Å². The van der Waals surface area contributed by atoms with E-state index in [9.17, 15) is 5.11 Å². The van der Waals surface area contributed by atoms with Crippen LogP contribution in [-0.4, -0.2) is 11.2 Å². The number of aliphatic hydroxyl groups excluding tert-OH is 1. The van der Waals surface area contributed by atoms with Crippen LogP contribution in [0.5, 0.6) is 0 Å². The molecule has 0 aliphatic rings. The molecule has 70 valence electrons. The summed E-state index contributed by atoms with van der Waals surface area (Å²) in [4.78, 5) is 0. The number of benzene rings is 1. The standard InChI is InChI=1S/C12H16O/c1-3-7-12(10(2)13)11-8-5-4-6-9-11/h3-6,8-10,12-13H,1,7H2,2H3/t10-,12+/m0/s1. The predicted molar refractivity (Wildman–Crippen MR) is 55.7 cm³/mol. The SMILES string of the molecule is C=CC[C@@H](c1ccccc1)[C@H](C)O. The molecule has 0 unspecified atom stereocenters. The summed E-state index contributed by atoms with van der Waals surface area (Å²) in [6.45, 7) is 5.52. The minimum atomic E-state index is -0.319. The van der Waals surface area contributed by atoms with Crippen LogP contribution in [0.15, 0.2) is 43.0 Å². The van der Waals surface area contributed by atoms with Gasteiger partial charge >= 0.3 is 0 Å². The van der Waals surface area contributed by atoms with Crippen molar-refractivity contribution in [3.05, 3.63) is 48.6 Å². The van der Waals surface area contributed by atoms with Crippen LogP contribution in [0.4, 0.5) is 0 Å². The largest absolute Gasteiger partial charge is 0.393 e.